The number of nitriles is 1. The van der Waals surface area contributed by atoms with Crippen LogP contribution in [0.2, 0.25) is 0 Å². The molecule has 0 bridgehead atoms. The molecule has 10 nitrogen and oxygen atoms in total. The van der Waals surface area contributed by atoms with Gasteiger partial charge in [-0.25, -0.2) is 14.5 Å². The fourth-order valence-electron chi connectivity index (χ4n) is 7.17. The van der Waals surface area contributed by atoms with Crippen LogP contribution in [0.4, 0.5) is 17.1 Å². The number of aliphatic carboxylic acids is 3. The van der Waals surface area contributed by atoms with Gasteiger partial charge in [-0.3, -0.25) is 9.59 Å². The van der Waals surface area contributed by atoms with Crippen molar-refractivity contribution >= 4 is 121 Å². The van der Waals surface area contributed by atoms with E-state index in [9.17, 15) is 35.0 Å². The minimum Gasteiger partial charge on any atom is -0.486 e. The van der Waals surface area contributed by atoms with Gasteiger partial charge in [0.25, 0.3) is 11.4 Å². The standard InChI is InChI=1S/C54H30N4O6S6/c1-56-41(53(61)62)28-39-16-19-47(66-39)50-25-22-44(69-50)32-5-11-36(12-6-32)58(35-9-3-31(4-10-35)43-21-24-49(68-43)46-18-15-38(65-46)27-34(30-55)52(59)60)37-13-7-33(8-14-37)45-23-26-51(70-45)48-20-17-40(67-48)29-42(57-2)54(63)64/h3-29H,(H,59,60)(H,61,62)(H,63,64)/b34-27+,41-28-,42-29+. The summed E-state index contributed by atoms with van der Waals surface area (Å²) in [6, 6.07) is 50.6. The van der Waals surface area contributed by atoms with Crippen LogP contribution in [-0.4, -0.2) is 33.2 Å². The molecule has 16 heteroatoms. The molecule has 0 aliphatic carbocycles. The van der Waals surface area contributed by atoms with Gasteiger partial charge in [0.2, 0.25) is 0 Å². The summed E-state index contributed by atoms with van der Waals surface area (Å²) >= 11 is 9.19. The SMILES string of the molecule is [C-]#[N+]/C(=C\c1ccc(-c2ccc(-c3ccc(N(c4ccc(-c5ccc(-c6ccc(/C=C(\C#N)C(=O)O)s6)s5)cc4)c4ccc(-c5ccc(-c6ccc(/C=C(/[N+]#[C-])C(=O)O)s6)s5)cc4)cc3)s2)s1)C(=O)O. The van der Waals surface area contributed by atoms with Crippen molar-refractivity contribution in [1.29, 1.82) is 5.26 Å². The lowest BCUT2D eigenvalue weighted by Crippen LogP contribution is -2.09. The van der Waals surface area contributed by atoms with E-state index in [1.165, 1.54) is 52.2 Å². The normalized spacial score (nSPS) is 11.7. The summed E-state index contributed by atoms with van der Waals surface area (Å²) in [6.07, 6.45) is 4.17. The molecule has 3 N–H and O–H groups in total. The van der Waals surface area contributed by atoms with Gasteiger partial charge < -0.3 is 20.2 Å². The molecule has 70 heavy (non-hydrogen) atoms. The number of hydrogen-bond donors (Lipinski definition) is 3. The molecule has 0 spiro atoms. The minimum absolute atomic E-state index is 0.314. The first kappa shape index (κ1) is 46.9. The third-order valence-corrected chi connectivity index (χ3v) is 17.6. The Hall–Kier alpha value is -8.24. The molecular weight excluding hydrogens is 993 g/mol. The zero-order valence-corrected chi connectivity index (χ0v) is 40.8. The number of benzene rings is 3. The second kappa shape index (κ2) is 20.5. The monoisotopic (exact) mass is 1020 g/mol. The van der Waals surface area contributed by atoms with Crippen LogP contribution in [0.3, 0.4) is 0 Å². The van der Waals surface area contributed by atoms with E-state index in [1.807, 2.05) is 42.5 Å². The predicted octanol–water partition coefficient (Wildman–Crippen LogP) is 16.2. The number of carbonyl (C=O) groups is 3. The molecule has 338 valence electrons. The third kappa shape index (κ3) is 10.3. The molecule has 0 fully saturated rings. The lowest BCUT2D eigenvalue weighted by Gasteiger charge is -2.26. The number of hydrogen-bond acceptors (Lipinski definition) is 11. The zero-order valence-electron chi connectivity index (χ0n) is 35.9. The molecule has 3 aromatic carbocycles. The smallest absolute Gasteiger partial charge is 0.346 e. The molecule has 6 heterocycles. The van der Waals surface area contributed by atoms with E-state index in [0.717, 1.165) is 77.6 Å². The van der Waals surface area contributed by atoms with E-state index in [-0.39, 0.29) is 17.0 Å². The molecule has 6 aromatic heterocycles. The van der Waals surface area contributed by atoms with Gasteiger partial charge in [0.1, 0.15) is 11.6 Å². The van der Waals surface area contributed by atoms with E-state index in [4.69, 9.17) is 13.1 Å². The molecule has 9 rings (SSSR count). The van der Waals surface area contributed by atoms with Crippen LogP contribution in [0, 0.1) is 24.5 Å². The van der Waals surface area contributed by atoms with Crippen LogP contribution in [0.25, 0.3) is 88.5 Å². The predicted molar refractivity (Wildman–Crippen MR) is 287 cm³/mol. The van der Waals surface area contributed by atoms with Crippen molar-refractivity contribution in [3.05, 3.63) is 200 Å². The Balaban J connectivity index is 0.996. The van der Waals surface area contributed by atoms with Crippen LogP contribution in [0.15, 0.2) is 163 Å². The highest BCUT2D eigenvalue weighted by Gasteiger charge is 2.18. The molecule has 0 radical (unpaired) electrons. The van der Waals surface area contributed by atoms with Crippen molar-refractivity contribution in [2.75, 3.05) is 4.90 Å². The van der Waals surface area contributed by atoms with Crippen LogP contribution in [0.1, 0.15) is 14.6 Å². The van der Waals surface area contributed by atoms with Crippen molar-refractivity contribution < 1.29 is 29.7 Å². The Labute approximate surface area is 424 Å². The van der Waals surface area contributed by atoms with Gasteiger partial charge in [-0.1, -0.05) is 36.4 Å². The number of thiophene rings is 6. The molecule has 0 aliphatic heterocycles. The van der Waals surface area contributed by atoms with Crippen LogP contribution in [-0.2, 0) is 14.4 Å². The minimum atomic E-state index is -1.26. The lowest BCUT2D eigenvalue weighted by molar-refractivity contribution is -0.133. The van der Waals surface area contributed by atoms with Crippen molar-refractivity contribution in [1.82, 2.24) is 0 Å². The summed E-state index contributed by atoms with van der Waals surface area (Å²) in [5, 5.41) is 37.1. The molecule has 0 unspecified atom stereocenters. The first-order valence-electron chi connectivity index (χ1n) is 20.7. The summed E-state index contributed by atoms with van der Waals surface area (Å²) in [7, 11) is 0. The highest BCUT2D eigenvalue weighted by atomic mass is 32.1. The zero-order chi connectivity index (χ0) is 48.9. The van der Waals surface area contributed by atoms with Crippen molar-refractivity contribution in [2.45, 2.75) is 0 Å². The first-order valence-corrected chi connectivity index (χ1v) is 25.6. The maximum absolute atomic E-state index is 11.4. The summed E-state index contributed by atoms with van der Waals surface area (Å²) in [6.45, 7) is 14.4. The van der Waals surface area contributed by atoms with Crippen LogP contribution >= 0.6 is 68.0 Å². The van der Waals surface area contributed by atoms with Gasteiger partial charge in [0, 0.05) is 75.6 Å². The van der Waals surface area contributed by atoms with Gasteiger partial charge in [0.15, 0.2) is 0 Å². The van der Waals surface area contributed by atoms with Gasteiger partial charge in [0.05, 0.1) is 13.1 Å². The average molecular weight is 1020 g/mol. The third-order valence-electron chi connectivity index (χ3n) is 10.5. The van der Waals surface area contributed by atoms with Crippen molar-refractivity contribution in [3.8, 4) is 66.7 Å². The van der Waals surface area contributed by atoms with Crippen molar-refractivity contribution in [2.24, 2.45) is 0 Å². The maximum Gasteiger partial charge on any atom is 0.346 e. The summed E-state index contributed by atoms with van der Waals surface area (Å²) in [5.74, 6) is -3.76. The largest absolute Gasteiger partial charge is 0.486 e. The van der Waals surface area contributed by atoms with E-state index >= 15 is 0 Å². The quantitative estimate of drug-likeness (QED) is 0.0522. The Morgan fingerprint density at radius 2 is 0.700 bits per heavy atom. The van der Waals surface area contributed by atoms with Crippen LogP contribution in [0.5, 0.6) is 0 Å². The second-order valence-corrected chi connectivity index (χ2v) is 21.5. The van der Waals surface area contributed by atoms with E-state index < -0.39 is 17.9 Å². The molecule has 0 aliphatic rings. The van der Waals surface area contributed by atoms with E-state index in [0.29, 0.717) is 14.6 Å². The Kier molecular flexibility index (Phi) is 13.8. The van der Waals surface area contributed by atoms with Gasteiger partial charge >= 0.3 is 17.9 Å². The first-order chi connectivity index (χ1) is 34.0. The number of anilines is 3. The maximum atomic E-state index is 11.4. The molecule has 0 amide bonds. The Morgan fingerprint density at radius 3 is 0.986 bits per heavy atom. The Bertz CT molecular complexity index is 3300. The Morgan fingerprint density at radius 1 is 0.414 bits per heavy atom. The molecule has 9 aromatic rings. The molecule has 0 atom stereocenters. The summed E-state index contributed by atoms with van der Waals surface area (Å²) < 4.78 is 0. The van der Waals surface area contributed by atoms with Crippen molar-refractivity contribution in [3.63, 3.8) is 0 Å². The fraction of sp³-hybridized carbons (Fsp3) is 0. The number of carboxylic acid groups (broad SMARTS) is 3. The number of rotatable bonds is 15. The number of carboxylic acids is 3. The van der Waals surface area contributed by atoms with E-state index in [1.54, 1.807) is 40.1 Å². The van der Waals surface area contributed by atoms with Crippen LogP contribution < -0.4 is 4.90 Å². The summed E-state index contributed by atoms with van der Waals surface area (Å²) in [4.78, 5) is 53.9. The van der Waals surface area contributed by atoms with Gasteiger partial charge in [-0.2, -0.15) is 5.26 Å². The number of nitrogens with zero attached hydrogens (tertiary/aromatic N) is 4. The van der Waals surface area contributed by atoms with E-state index in [2.05, 4.69) is 118 Å². The summed E-state index contributed by atoms with van der Waals surface area (Å²) in [5.41, 5.74) is 4.96. The molecule has 0 saturated heterocycles. The highest BCUT2D eigenvalue weighted by Crippen LogP contribution is 2.44. The van der Waals surface area contributed by atoms with Gasteiger partial charge in [-0.05, 0) is 144 Å². The average Bonchev–Trinajstić information content (AvgIpc) is 4.24. The molecule has 0 saturated carbocycles. The fourth-order valence-corrected chi connectivity index (χ4v) is 13.3. The second-order valence-electron chi connectivity index (χ2n) is 14.9. The van der Waals surface area contributed by atoms with Gasteiger partial charge in [-0.15, -0.1) is 68.0 Å². The lowest BCUT2D eigenvalue weighted by atomic mass is 10.1. The molecular formula is C54H30N4O6S6. The highest BCUT2D eigenvalue weighted by molar-refractivity contribution is 7.25. The topological polar surface area (TPSA) is 148 Å².